The molecule has 4 rings (SSSR count). The molecular weight excluding hydrogens is 455 g/mol. The molecule has 0 radical (unpaired) electrons. The second-order valence-electron chi connectivity index (χ2n) is 9.16. The Morgan fingerprint density at radius 3 is 2.55 bits per heavy atom. The lowest BCUT2D eigenvalue weighted by atomic mass is 9.93. The Morgan fingerprint density at radius 2 is 1.85 bits per heavy atom. The lowest BCUT2D eigenvalue weighted by Crippen LogP contribution is -2.56. The Morgan fingerprint density at radius 1 is 1.12 bits per heavy atom. The van der Waals surface area contributed by atoms with Gasteiger partial charge in [-0.3, -0.25) is 14.4 Å². The molecule has 10 heteroatoms. The number of sulfonamides is 1. The van der Waals surface area contributed by atoms with E-state index in [1.54, 1.807) is 12.2 Å². The minimum Gasteiger partial charge on any atom is -0.336 e. The standard InChI is InChI=1S/C23H28F3N3O3S/c1-22(33(31,32)27-19-9-7-18(8-10-19)23(24,25)26)11-4-5-17(15-22)21(30)29-14-13-28-12-3-2-6-20(28)16-29/h4-5,7-11,20,27H,2-3,6,12-16H2,1H3. The molecule has 0 spiro atoms. The summed E-state index contributed by atoms with van der Waals surface area (Å²) in [4.78, 5) is 17.5. The number of hydrogen-bond donors (Lipinski definition) is 1. The number of amides is 1. The van der Waals surface area contributed by atoms with Crippen molar-refractivity contribution in [1.29, 1.82) is 0 Å². The largest absolute Gasteiger partial charge is 0.416 e. The van der Waals surface area contributed by atoms with Crippen LogP contribution in [-0.4, -0.2) is 61.1 Å². The normalized spacial score (nSPS) is 26.5. The van der Waals surface area contributed by atoms with E-state index in [1.807, 2.05) is 4.90 Å². The Balaban J connectivity index is 1.45. The maximum absolute atomic E-state index is 13.2. The van der Waals surface area contributed by atoms with Crippen molar-refractivity contribution < 1.29 is 26.4 Å². The van der Waals surface area contributed by atoms with Gasteiger partial charge in [-0.25, -0.2) is 8.42 Å². The molecule has 0 bridgehead atoms. The third-order valence-electron chi connectivity index (χ3n) is 6.77. The van der Waals surface area contributed by atoms with E-state index in [4.69, 9.17) is 0 Å². The highest BCUT2D eigenvalue weighted by molar-refractivity contribution is 7.94. The molecular formula is C23H28F3N3O3S. The molecule has 180 valence electrons. The molecule has 1 aromatic rings. The van der Waals surface area contributed by atoms with Gasteiger partial charge in [-0.15, -0.1) is 0 Å². The summed E-state index contributed by atoms with van der Waals surface area (Å²) in [6.45, 7) is 4.65. The van der Waals surface area contributed by atoms with Gasteiger partial charge in [0, 0.05) is 43.4 Å². The highest BCUT2D eigenvalue weighted by Gasteiger charge is 2.42. The van der Waals surface area contributed by atoms with E-state index in [1.165, 1.54) is 19.4 Å². The molecule has 1 N–H and O–H groups in total. The van der Waals surface area contributed by atoms with Gasteiger partial charge in [0.15, 0.2) is 0 Å². The van der Waals surface area contributed by atoms with Crippen LogP contribution in [0, 0.1) is 0 Å². The van der Waals surface area contributed by atoms with E-state index in [0.29, 0.717) is 24.7 Å². The zero-order chi connectivity index (χ0) is 23.9. The number of halogens is 3. The Bertz CT molecular complexity index is 1070. The summed E-state index contributed by atoms with van der Waals surface area (Å²) >= 11 is 0. The first-order chi connectivity index (χ1) is 15.5. The number of fused-ring (bicyclic) bond motifs is 1. The second-order valence-corrected chi connectivity index (χ2v) is 11.3. The quantitative estimate of drug-likeness (QED) is 0.708. The van der Waals surface area contributed by atoms with E-state index in [9.17, 15) is 26.4 Å². The highest BCUT2D eigenvalue weighted by Crippen LogP contribution is 2.34. The maximum Gasteiger partial charge on any atom is 0.416 e. The summed E-state index contributed by atoms with van der Waals surface area (Å²) in [5.74, 6) is -0.152. The van der Waals surface area contributed by atoms with E-state index < -0.39 is 26.5 Å². The molecule has 1 aliphatic carbocycles. The van der Waals surface area contributed by atoms with E-state index >= 15 is 0 Å². The molecule has 2 unspecified atom stereocenters. The van der Waals surface area contributed by atoms with Gasteiger partial charge in [0.05, 0.1) is 5.56 Å². The predicted molar refractivity (Wildman–Crippen MR) is 120 cm³/mol. The Labute approximate surface area is 192 Å². The van der Waals surface area contributed by atoms with Crippen molar-refractivity contribution in [3.05, 3.63) is 53.6 Å². The van der Waals surface area contributed by atoms with Gasteiger partial charge < -0.3 is 4.90 Å². The number of carbonyl (C=O) groups excluding carboxylic acids is 1. The number of allylic oxidation sites excluding steroid dienone is 2. The zero-order valence-electron chi connectivity index (χ0n) is 18.4. The fourth-order valence-corrected chi connectivity index (χ4v) is 6.02. The van der Waals surface area contributed by atoms with Gasteiger partial charge in [0.1, 0.15) is 4.75 Å². The zero-order valence-corrected chi connectivity index (χ0v) is 19.3. The van der Waals surface area contributed by atoms with Crippen LogP contribution >= 0.6 is 0 Å². The van der Waals surface area contributed by atoms with Crippen LogP contribution in [0.3, 0.4) is 0 Å². The van der Waals surface area contributed by atoms with Crippen molar-refractivity contribution in [2.45, 2.75) is 49.6 Å². The molecule has 2 aliphatic heterocycles. The van der Waals surface area contributed by atoms with Gasteiger partial charge >= 0.3 is 6.18 Å². The van der Waals surface area contributed by atoms with Crippen molar-refractivity contribution in [3.63, 3.8) is 0 Å². The van der Waals surface area contributed by atoms with Crippen molar-refractivity contribution in [2.24, 2.45) is 0 Å². The number of piperidine rings is 1. The summed E-state index contributed by atoms with van der Waals surface area (Å²) < 4.78 is 65.6. The summed E-state index contributed by atoms with van der Waals surface area (Å²) in [5.41, 5.74) is -0.404. The number of carbonyl (C=O) groups is 1. The molecule has 2 heterocycles. The van der Waals surface area contributed by atoms with Crippen LogP contribution < -0.4 is 4.72 Å². The monoisotopic (exact) mass is 483 g/mol. The number of hydrogen-bond acceptors (Lipinski definition) is 4. The molecule has 2 atom stereocenters. The molecule has 33 heavy (non-hydrogen) atoms. The van der Waals surface area contributed by atoms with Crippen LogP contribution in [0.25, 0.3) is 0 Å². The molecule has 3 aliphatic rings. The number of rotatable bonds is 4. The smallest absolute Gasteiger partial charge is 0.336 e. The average molecular weight is 484 g/mol. The number of piperazine rings is 1. The van der Waals surface area contributed by atoms with Gasteiger partial charge in [0.2, 0.25) is 15.9 Å². The van der Waals surface area contributed by atoms with Gasteiger partial charge in [-0.1, -0.05) is 24.6 Å². The SMILES string of the molecule is CC1(S(=O)(=O)Nc2ccc(C(F)(F)F)cc2)C=CC=C(C(=O)N2CCN3CCCCC3C2)C1. The van der Waals surface area contributed by atoms with Gasteiger partial charge in [-0.2, -0.15) is 13.2 Å². The first-order valence-corrected chi connectivity index (χ1v) is 12.6. The fourth-order valence-electron chi connectivity index (χ4n) is 4.74. The summed E-state index contributed by atoms with van der Waals surface area (Å²) in [6, 6.07) is 4.18. The van der Waals surface area contributed by atoms with E-state index in [-0.39, 0.29) is 18.0 Å². The van der Waals surface area contributed by atoms with Crippen molar-refractivity contribution in [2.75, 3.05) is 30.9 Å². The number of alkyl halides is 3. The summed E-state index contributed by atoms with van der Waals surface area (Å²) in [7, 11) is -4.04. The Hall–Kier alpha value is -2.33. The van der Waals surface area contributed by atoms with Crippen LogP contribution in [0.4, 0.5) is 18.9 Å². The molecule has 0 saturated carbocycles. The minimum atomic E-state index is -4.50. The first-order valence-electron chi connectivity index (χ1n) is 11.1. The van der Waals surface area contributed by atoms with Crippen molar-refractivity contribution in [1.82, 2.24) is 9.80 Å². The number of nitrogens with one attached hydrogen (secondary N) is 1. The second kappa shape index (κ2) is 8.79. The lowest BCUT2D eigenvalue weighted by Gasteiger charge is -2.44. The molecule has 2 fully saturated rings. The van der Waals surface area contributed by atoms with Crippen LogP contribution in [0.2, 0.25) is 0 Å². The number of benzene rings is 1. The van der Waals surface area contributed by atoms with Crippen molar-refractivity contribution >= 4 is 21.6 Å². The van der Waals surface area contributed by atoms with Crippen LogP contribution in [0.15, 0.2) is 48.1 Å². The maximum atomic E-state index is 13.2. The third kappa shape index (κ3) is 4.96. The van der Waals surface area contributed by atoms with Crippen molar-refractivity contribution in [3.8, 4) is 0 Å². The Kier molecular flexibility index (Phi) is 6.34. The van der Waals surface area contributed by atoms with Crippen LogP contribution in [0.5, 0.6) is 0 Å². The van der Waals surface area contributed by atoms with Crippen LogP contribution in [0.1, 0.15) is 38.2 Å². The molecule has 1 aromatic carbocycles. The third-order valence-corrected chi connectivity index (χ3v) is 8.78. The number of anilines is 1. The summed E-state index contributed by atoms with van der Waals surface area (Å²) in [6.07, 6.45) is 3.62. The predicted octanol–water partition coefficient (Wildman–Crippen LogP) is 3.79. The summed E-state index contributed by atoms with van der Waals surface area (Å²) in [5, 5.41) is 0. The molecule has 0 aromatic heterocycles. The molecule has 2 saturated heterocycles. The van der Waals surface area contributed by atoms with E-state index in [0.717, 1.165) is 50.2 Å². The molecule has 6 nitrogen and oxygen atoms in total. The lowest BCUT2D eigenvalue weighted by molar-refractivity contribution is -0.137. The number of nitrogens with zero attached hydrogens (tertiary/aromatic N) is 2. The minimum absolute atomic E-state index is 0.0107. The van der Waals surface area contributed by atoms with Gasteiger partial charge in [0.25, 0.3) is 0 Å². The fraction of sp³-hybridized carbons (Fsp3) is 0.522. The van der Waals surface area contributed by atoms with Crippen LogP contribution in [-0.2, 0) is 21.0 Å². The first kappa shape index (κ1) is 23.8. The van der Waals surface area contributed by atoms with Gasteiger partial charge in [-0.05, 0) is 50.6 Å². The average Bonchev–Trinajstić information content (AvgIpc) is 2.77. The van der Waals surface area contributed by atoms with E-state index in [2.05, 4.69) is 9.62 Å². The topological polar surface area (TPSA) is 69.7 Å². The highest BCUT2D eigenvalue weighted by atomic mass is 32.2. The molecule has 1 amide bonds.